The molecule has 0 spiro atoms. The molecule has 2 aromatic carbocycles. The third-order valence-electron chi connectivity index (χ3n) is 3.59. The fraction of sp³-hybridized carbons (Fsp3) is 0.211. The number of hydrogen-bond acceptors (Lipinski definition) is 3. The predicted molar refractivity (Wildman–Crippen MR) is 90.9 cm³/mol. The Morgan fingerprint density at radius 2 is 2.17 bits per heavy atom. The molecule has 118 valence electrons. The van der Waals surface area contributed by atoms with E-state index in [1.165, 1.54) is 11.6 Å². The molecule has 0 aliphatic carbocycles. The lowest BCUT2D eigenvalue weighted by atomic mass is 10.1. The minimum absolute atomic E-state index is 0.186. The quantitative estimate of drug-likeness (QED) is 0.857. The summed E-state index contributed by atoms with van der Waals surface area (Å²) in [7, 11) is 0. The van der Waals surface area contributed by atoms with Crippen molar-refractivity contribution in [3.05, 3.63) is 59.7 Å². The summed E-state index contributed by atoms with van der Waals surface area (Å²) < 4.78 is 11.0. The summed E-state index contributed by atoms with van der Waals surface area (Å²) in [5.74, 6) is 1.43. The molecule has 1 N–H and O–H groups in total. The Morgan fingerprint density at radius 1 is 1.30 bits per heavy atom. The first-order chi connectivity index (χ1) is 11.3. The lowest BCUT2D eigenvalue weighted by Gasteiger charge is -2.09. The Bertz CT molecular complexity index is 737. The molecule has 0 unspecified atom stereocenters. The molecule has 0 bridgehead atoms. The second-order valence-electron chi connectivity index (χ2n) is 5.22. The van der Waals surface area contributed by atoms with E-state index in [4.69, 9.17) is 9.47 Å². The van der Waals surface area contributed by atoms with Crippen LogP contribution < -0.4 is 14.8 Å². The molecule has 1 heterocycles. The van der Waals surface area contributed by atoms with E-state index in [1.54, 1.807) is 6.08 Å². The van der Waals surface area contributed by atoms with Gasteiger partial charge in [-0.05, 0) is 48.4 Å². The van der Waals surface area contributed by atoms with Crippen LogP contribution in [0.1, 0.15) is 18.1 Å². The maximum absolute atomic E-state index is 12.1. The summed E-state index contributed by atoms with van der Waals surface area (Å²) >= 11 is 0. The SMILES string of the molecule is CCOc1ccccc1NC(=O)/C=C/c1ccc2c(c1)CCO2. The number of fused-ring (bicyclic) bond motifs is 1. The number of para-hydroxylation sites is 2. The summed E-state index contributed by atoms with van der Waals surface area (Å²) in [5.41, 5.74) is 2.85. The molecule has 1 aliphatic rings. The van der Waals surface area contributed by atoms with Crippen LogP contribution in [0.5, 0.6) is 11.5 Å². The Morgan fingerprint density at radius 3 is 3.04 bits per heavy atom. The van der Waals surface area contributed by atoms with Crippen molar-refractivity contribution < 1.29 is 14.3 Å². The fourth-order valence-electron chi connectivity index (χ4n) is 2.51. The molecule has 1 amide bonds. The smallest absolute Gasteiger partial charge is 0.248 e. The standard InChI is InChI=1S/C19H19NO3/c1-2-22-18-6-4-3-5-16(18)20-19(21)10-8-14-7-9-17-15(13-14)11-12-23-17/h3-10,13H,2,11-12H2,1H3,(H,20,21)/b10-8+. The number of amides is 1. The zero-order valence-corrected chi connectivity index (χ0v) is 13.0. The highest BCUT2D eigenvalue weighted by atomic mass is 16.5. The van der Waals surface area contributed by atoms with Crippen LogP contribution in [0.4, 0.5) is 5.69 Å². The highest BCUT2D eigenvalue weighted by molar-refractivity contribution is 6.02. The van der Waals surface area contributed by atoms with Crippen LogP contribution in [0.25, 0.3) is 6.08 Å². The molecule has 4 nitrogen and oxygen atoms in total. The van der Waals surface area contributed by atoms with Gasteiger partial charge in [0, 0.05) is 12.5 Å². The molecule has 23 heavy (non-hydrogen) atoms. The number of anilines is 1. The van der Waals surface area contributed by atoms with Crippen LogP contribution in [-0.2, 0) is 11.2 Å². The van der Waals surface area contributed by atoms with Gasteiger partial charge in [-0.1, -0.05) is 18.2 Å². The topological polar surface area (TPSA) is 47.6 Å². The first-order valence-electron chi connectivity index (χ1n) is 7.73. The van der Waals surface area contributed by atoms with Crippen LogP contribution in [0.3, 0.4) is 0 Å². The van der Waals surface area contributed by atoms with Crippen LogP contribution in [0, 0.1) is 0 Å². The molecule has 2 aromatic rings. The first kappa shape index (κ1) is 15.2. The number of nitrogens with one attached hydrogen (secondary N) is 1. The first-order valence-corrected chi connectivity index (χ1v) is 7.73. The summed E-state index contributed by atoms with van der Waals surface area (Å²) in [6, 6.07) is 13.4. The minimum atomic E-state index is -0.186. The minimum Gasteiger partial charge on any atom is -0.493 e. The molecular formula is C19H19NO3. The van der Waals surface area contributed by atoms with Crippen LogP contribution in [0.15, 0.2) is 48.5 Å². The van der Waals surface area contributed by atoms with Gasteiger partial charge in [0.1, 0.15) is 11.5 Å². The van der Waals surface area contributed by atoms with E-state index in [2.05, 4.69) is 11.4 Å². The lowest BCUT2D eigenvalue weighted by molar-refractivity contribution is -0.111. The molecule has 0 aromatic heterocycles. The lowest BCUT2D eigenvalue weighted by Crippen LogP contribution is -2.09. The summed E-state index contributed by atoms with van der Waals surface area (Å²) in [5, 5.41) is 2.84. The van der Waals surface area contributed by atoms with Crippen molar-refractivity contribution in [1.29, 1.82) is 0 Å². The van der Waals surface area contributed by atoms with Gasteiger partial charge in [0.15, 0.2) is 0 Å². The van der Waals surface area contributed by atoms with Gasteiger partial charge in [0.05, 0.1) is 18.9 Å². The van der Waals surface area contributed by atoms with Crippen molar-refractivity contribution in [2.75, 3.05) is 18.5 Å². The summed E-state index contributed by atoms with van der Waals surface area (Å²) in [4.78, 5) is 12.1. The molecule has 0 fully saturated rings. The maximum atomic E-state index is 12.1. The third kappa shape index (κ3) is 3.72. The van der Waals surface area contributed by atoms with Gasteiger partial charge in [-0.2, -0.15) is 0 Å². The van der Waals surface area contributed by atoms with Gasteiger partial charge in [-0.15, -0.1) is 0 Å². The molecular weight excluding hydrogens is 290 g/mol. The third-order valence-corrected chi connectivity index (χ3v) is 3.59. The Kier molecular flexibility index (Phi) is 4.62. The van der Waals surface area contributed by atoms with E-state index in [0.717, 1.165) is 24.3 Å². The molecule has 0 radical (unpaired) electrons. The van der Waals surface area contributed by atoms with Gasteiger partial charge >= 0.3 is 0 Å². The second-order valence-corrected chi connectivity index (χ2v) is 5.22. The Balaban J connectivity index is 1.67. The zero-order valence-electron chi connectivity index (χ0n) is 13.0. The maximum Gasteiger partial charge on any atom is 0.248 e. The molecule has 0 saturated heterocycles. The van der Waals surface area contributed by atoms with Crippen molar-refractivity contribution in [3.8, 4) is 11.5 Å². The molecule has 3 rings (SSSR count). The van der Waals surface area contributed by atoms with Gasteiger partial charge in [-0.25, -0.2) is 0 Å². The van der Waals surface area contributed by atoms with Crippen LogP contribution >= 0.6 is 0 Å². The van der Waals surface area contributed by atoms with Crippen LogP contribution in [-0.4, -0.2) is 19.1 Å². The monoisotopic (exact) mass is 309 g/mol. The molecule has 4 heteroatoms. The summed E-state index contributed by atoms with van der Waals surface area (Å²) in [6.07, 6.45) is 4.25. The fourth-order valence-corrected chi connectivity index (χ4v) is 2.51. The van der Waals surface area contributed by atoms with E-state index >= 15 is 0 Å². The normalized spacial score (nSPS) is 12.7. The van der Waals surface area contributed by atoms with E-state index < -0.39 is 0 Å². The van der Waals surface area contributed by atoms with Crippen LogP contribution in [0.2, 0.25) is 0 Å². The van der Waals surface area contributed by atoms with Crippen molar-refractivity contribution in [1.82, 2.24) is 0 Å². The molecule has 1 aliphatic heterocycles. The Hall–Kier alpha value is -2.75. The number of ether oxygens (including phenoxy) is 2. The van der Waals surface area contributed by atoms with E-state index in [-0.39, 0.29) is 5.91 Å². The highest BCUT2D eigenvalue weighted by Crippen LogP contribution is 2.26. The molecule has 0 saturated carbocycles. The zero-order chi connectivity index (χ0) is 16.1. The van der Waals surface area contributed by atoms with E-state index in [9.17, 15) is 4.79 Å². The van der Waals surface area contributed by atoms with E-state index in [0.29, 0.717) is 18.0 Å². The van der Waals surface area contributed by atoms with Crippen molar-refractivity contribution in [2.45, 2.75) is 13.3 Å². The summed E-state index contributed by atoms with van der Waals surface area (Å²) in [6.45, 7) is 3.20. The highest BCUT2D eigenvalue weighted by Gasteiger charge is 2.11. The number of carbonyl (C=O) groups excluding carboxylic acids is 1. The number of carbonyl (C=O) groups is 1. The van der Waals surface area contributed by atoms with Crippen molar-refractivity contribution in [2.24, 2.45) is 0 Å². The van der Waals surface area contributed by atoms with Gasteiger partial charge < -0.3 is 14.8 Å². The largest absolute Gasteiger partial charge is 0.493 e. The number of benzene rings is 2. The average molecular weight is 309 g/mol. The van der Waals surface area contributed by atoms with Gasteiger partial charge in [-0.3, -0.25) is 4.79 Å². The second kappa shape index (κ2) is 7.01. The molecule has 0 atom stereocenters. The van der Waals surface area contributed by atoms with Crippen molar-refractivity contribution >= 4 is 17.7 Å². The number of rotatable bonds is 5. The predicted octanol–water partition coefficient (Wildman–Crippen LogP) is 3.67. The van der Waals surface area contributed by atoms with Gasteiger partial charge in [0.2, 0.25) is 5.91 Å². The van der Waals surface area contributed by atoms with Crippen molar-refractivity contribution in [3.63, 3.8) is 0 Å². The number of hydrogen-bond donors (Lipinski definition) is 1. The average Bonchev–Trinajstić information content (AvgIpc) is 3.03. The van der Waals surface area contributed by atoms with E-state index in [1.807, 2.05) is 43.3 Å². The van der Waals surface area contributed by atoms with Gasteiger partial charge in [0.25, 0.3) is 0 Å². The Labute approximate surface area is 135 Å².